The lowest BCUT2D eigenvalue weighted by Crippen LogP contribution is -2.26. The number of nitrogens with zero attached hydrogens (tertiary/aromatic N) is 1. The molecule has 5 nitrogen and oxygen atoms in total. The summed E-state index contributed by atoms with van der Waals surface area (Å²) in [5.41, 5.74) is 7.56. The van der Waals surface area contributed by atoms with Gasteiger partial charge in [-0.25, -0.2) is 0 Å². The second-order valence-electron chi connectivity index (χ2n) is 4.95. The standard InChI is InChI=1S/C16H20N2O3/c1-11-4-6-14(20-3)12(8-11)10-18(2)16(19)15-7-5-13(9-17)21-15/h4-8H,9-10,17H2,1-3H3. The van der Waals surface area contributed by atoms with E-state index in [1.807, 2.05) is 25.1 Å². The van der Waals surface area contributed by atoms with Gasteiger partial charge in [-0.2, -0.15) is 0 Å². The number of benzene rings is 1. The van der Waals surface area contributed by atoms with Crippen molar-refractivity contribution in [3.63, 3.8) is 0 Å². The van der Waals surface area contributed by atoms with Crippen LogP contribution in [-0.4, -0.2) is 25.0 Å². The second-order valence-corrected chi connectivity index (χ2v) is 4.95. The molecule has 1 heterocycles. The Morgan fingerprint density at radius 3 is 2.71 bits per heavy atom. The minimum absolute atomic E-state index is 0.182. The number of ether oxygens (including phenoxy) is 1. The average molecular weight is 288 g/mol. The van der Waals surface area contributed by atoms with E-state index in [4.69, 9.17) is 14.9 Å². The molecule has 2 N–H and O–H groups in total. The molecule has 0 unspecified atom stereocenters. The lowest BCUT2D eigenvalue weighted by molar-refractivity contribution is 0.0750. The molecule has 112 valence electrons. The Hall–Kier alpha value is -2.27. The summed E-state index contributed by atoms with van der Waals surface area (Å²) in [6.45, 7) is 2.73. The summed E-state index contributed by atoms with van der Waals surface area (Å²) in [4.78, 5) is 13.9. The molecule has 0 aliphatic heterocycles. The monoisotopic (exact) mass is 288 g/mol. The van der Waals surface area contributed by atoms with E-state index in [2.05, 4.69) is 0 Å². The molecular formula is C16H20N2O3. The maximum absolute atomic E-state index is 12.3. The van der Waals surface area contributed by atoms with Gasteiger partial charge in [-0.15, -0.1) is 0 Å². The molecule has 0 spiro atoms. The van der Waals surface area contributed by atoms with Gasteiger partial charge in [-0.05, 0) is 25.1 Å². The third-order valence-electron chi connectivity index (χ3n) is 3.26. The number of rotatable bonds is 5. The third kappa shape index (κ3) is 3.44. The zero-order chi connectivity index (χ0) is 15.4. The highest BCUT2D eigenvalue weighted by Gasteiger charge is 2.17. The largest absolute Gasteiger partial charge is 0.496 e. The third-order valence-corrected chi connectivity index (χ3v) is 3.26. The summed E-state index contributed by atoms with van der Waals surface area (Å²) < 4.78 is 10.7. The summed E-state index contributed by atoms with van der Waals surface area (Å²) in [6.07, 6.45) is 0. The number of carbonyl (C=O) groups excluding carboxylic acids is 1. The number of methoxy groups -OCH3 is 1. The average Bonchev–Trinajstić information content (AvgIpc) is 2.95. The quantitative estimate of drug-likeness (QED) is 0.916. The van der Waals surface area contributed by atoms with Crippen molar-refractivity contribution in [3.8, 4) is 5.75 Å². The van der Waals surface area contributed by atoms with Crippen LogP contribution in [0.5, 0.6) is 5.75 Å². The number of nitrogens with two attached hydrogens (primary N) is 1. The molecule has 0 fully saturated rings. The van der Waals surface area contributed by atoms with E-state index in [0.717, 1.165) is 16.9 Å². The van der Waals surface area contributed by atoms with Crippen molar-refractivity contribution in [3.05, 3.63) is 53.0 Å². The minimum atomic E-state index is -0.182. The number of aryl methyl sites for hydroxylation is 1. The van der Waals surface area contributed by atoms with Gasteiger partial charge >= 0.3 is 0 Å². The molecular weight excluding hydrogens is 268 g/mol. The van der Waals surface area contributed by atoms with Gasteiger partial charge in [-0.3, -0.25) is 4.79 Å². The van der Waals surface area contributed by atoms with E-state index in [1.54, 1.807) is 31.2 Å². The Bertz CT molecular complexity index is 634. The van der Waals surface area contributed by atoms with Crippen LogP contribution in [0, 0.1) is 6.92 Å². The van der Waals surface area contributed by atoms with Crippen LogP contribution >= 0.6 is 0 Å². The lowest BCUT2D eigenvalue weighted by Gasteiger charge is -2.18. The predicted molar refractivity (Wildman–Crippen MR) is 80.1 cm³/mol. The molecule has 0 saturated heterocycles. The Labute approximate surface area is 124 Å². The highest BCUT2D eigenvalue weighted by atomic mass is 16.5. The Kier molecular flexibility index (Phi) is 4.65. The van der Waals surface area contributed by atoms with E-state index in [-0.39, 0.29) is 12.5 Å². The van der Waals surface area contributed by atoms with Gasteiger partial charge in [0, 0.05) is 19.2 Å². The number of hydrogen-bond donors (Lipinski definition) is 1. The fourth-order valence-corrected chi connectivity index (χ4v) is 2.15. The van der Waals surface area contributed by atoms with Crippen LogP contribution < -0.4 is 10.5 Å². The first-order valence-electron chi connectivity index (χ1n) is 6.73. The molecule has 2 rings (SSSR count). The van der Waals surface area contributed by atoms with Crippen molar-refractivity contribution >= 4 is 5.91 Å². The van der Waals surface area contributed by atoms with Gasteiger partial charge in [0.25, 0.3) is 5.91 Å². The first kappa shape index (κ1) is 15.1. The molecule has 0 radical (unpaired) electrons. The number of carbonyl (C=O) groups is 1. The summed E-state index contributed by atoms with van der Waals surface area (Å²) in [5, 5.41) is 0. The first-order valence-corrected chi connectivity index (χ1v) is 6.73. The number of hydrogen-bond acceptors (Lipinski definition) is 4. The molecule has 5 heteroatoms. The van der Waals surface area contributed by atoms with Crippen molar-refractivity contribution in [1.82, 2.24) is 4.90 Å². The Morgan fingerprint density at radius 2 is 2.10 bits per heavy atom. The molecule has 0 atom stereocenters. The molecule has 1 amide bonds. The van der Waals surface area contributed by atoms with Gasteiger partial charge < -0.3 is 19.8 Å². The summed E-state index contributed by atoms with van der Waals surface area (Å²) in [5.74, 6) is 1.48. The van der Waals surface area contributed by atoms with Crippen LogP contribution in [0.4, 0.5) is 0 Å². The van der Waals surface area contributed by atoms with Gasteiger partial charge in [0.05, 0.1) is 13.7 Å². The molecule has 0 bridgehead atoms. The SMILES string of the molecule is COc1ccc(C)cc1CN(C)C(=O)c1ccc(CN)o1. The lowest BCUT2D eigenvalue weighted by atomic mass is 10.1. The summed E-state index contributed by atoms with van der Waals surface area (Å²) in [6, 6.07) is 9.26. The van der Waals surface area contributed by atoms with Crippen LogP contribution in [0.25, 0.3) is 0 Å². The van der Waals surface area contributed by atoms with Gasteiger partial charge in [0.15, 0.2) is 5.76 Å². The van der Waals surface area contributed by atoms with E-state index >= 15 is 0 Å². The second kappa shape index (κ2) is 6.45. The molecule has 2 aromatic rings. The minimum Gasteiger partial charge on any atom is -0.496 e. The van der Waals surface area contributed by atoms with Crippen LogP contribution in [0.15, 0.2) is 34.7 Å². The number of amides is 1. The summed E-state index contributed by atoms with van der Waals surface area (Å²) in [7, 11) is 3.35. The van der Waals surface area contributed by atoms with Crippen molar-refractivity contribution in [2.45, 2.75) is 20.0 Å². The van der Waals surface area contributed by atoms with Crippen LogP contribution in [0.3, 0.4) is 0 Å². The van der Waals surface area contributed by atoms with E-state index in [9.17, 15) is 4.79 Å². The Balaban J connectivity index is 2.15. The van der Waals surface area contributed by atoms with E-state index < -0.39 is 0 Å². The molecule has 21 heavy (non-hydrogen) atoms. The molecule has 1 aromatic carbocycles. The van der Waals surface area contributed by atoms with Crippen molar-refractivity contribution in [2.24, 2.45) is 5.73 Å². The van der Waals surface area contributed by atoms with Gasteiger partial charge in [0.2, 0.25) is 0 Å². The van der Waals surface area contributed by atoms with Gasteiger partial charge in [0.1, 0.15) is 11.5 Å². The highest BCUT2D eigenvalue weighted by molar-refractivity contribution is 5.91. The topological polar surface area (TPSA) is 68.7 Å². The van der Waals surface area contributed by atoms with Crippen LogP contribution in [0.1, 0.15) is 27.4 Å². The van der Waals surface area contributed by atoms with Crippen molar-refractivity contribution in [1.29, 1.82) is 0 Å². The van der Waals surface area contributed by atoms with Crippen LogP contribution in [-0.2, 0) is 13.1 Å². The highest BCUT2D eigenvalue weighted by Crippen LogP contribution is 2.22. The zero-order valence-corrected chi connectivity index (χ0v) is 12.6. The fraction of sp³-hybridized carbons (Fsp3) is 0.312. The van der Waals surface area contributed by atoms with Crippen LogP contribution in [0.2, 0.25) is 0 Å². The molecule has 0 aliphatic rings. The number of furan rings is 1. The van der Waals surface area contributed by atoms with Crippen molar-refractivity contribution < 1.29 is 13.9 Å². The summed E-state index contributed by atoms with van der Waals surface area (Å²) >= 11 is 0. The molecule has 0 saturated carbocycles. The Morgan fingerprint density at radius 1 is 1.33 bits per heavy atom. The van der Waals surface area contributed by atoms with E-state index in [0.29, 0.717) is 18.1 Å². The van der Waals surface area contributed by atoms with Crippen molar-refractivity contribution in [2.75, 3.05) is 14.2 Å². The molecule has 1 aromatic heterocycles. The maximum atomic E-state index is 12.3. The van der Waals surface area contributed by atoms with Gasteiger partial charge in [-0.1, -0.05) is 17.7 Å². The zero-order valence-electron chi connectivity index (χ0n) is 12.6. The predicted octanol–water partition coefficient (Wildman–Crippen LogP) is 2.33. The van der Waals surface area contributed by atoms with E-state index in [1.165, 1.54) is 0 Å². The maximum Gasteiger partial charge on any atom is 0.289 e. The smallest absolute Gasteiger partial charge is 0.289 e. The normalized spacial score (nSPS) is 10.5. The first-order chi connectivity index (χ1) is 10.0. The fourth-order valence-electron chi connectivity index (χ4n) is 2.15. The molecule has 0 aliphatic carbocycles.